The van der Waals surface area contributed by atoms with Gasteiger partial charge in [-0.1, -0.05) is 30.3 Å². The topological polar surface area (TPSA) is 52.2 Å². The number of para-hydroxylation sites is 1. The average molecular weight is 352 g/mol. The molecule has 4 nitrogen and oxygen atoms in total. The number of nitrogens with zero attached hydrogens (tertiary/aromatic N) is 1. The highest BCUT2D eigenvalue weighted by Crippen LogP contribution is 2.39. The molecule has 6 rings (SSSR count). The Morgan fingerprint density at radius 1 is 1.07 bits per heavy atom. The number of benzene rings is 2. The molecule has 1 aromatic heterocycles. The summed E-state index contributed by atoms with van der Waals surface area (Å²) in [5.74, 6) is 0.332. The summed E-state index contributed by atoms with van der Waals surface area (Å²) in [6, 6.07) is 15.1. The first-order valence-electron chi connectivity index (χ1n) is 9.40. The molecule has 3 N–H and O–H groups in total. The smallest absolute Gasteiger partial charge is 0.0801 e. The molecule has 0 radical (unpaired) electrons. The molecule has 2 unspecified atom stereocenters. The second-order valence-electron chi connectivity index (χ2n) is 7.78. The Kier molecular flexibility index (Phi) is 2.82. The summed E-state index contributed by atoms with van der Waals surface area (Å²) in [4.78, 5) is 7.85. The van der Waals surface area contributed by atoms with Crippen LogP contribution in [-0.2, 0) is 0 Å². The number of H-pyrrole nitrogens is 1. The van der Waals surface area contributed by atoms with Crippen molar-refractivity contribution in [2.45, 2.75) is 12.5 Å². The van der Waals surface area contributed by atoms with E-state index in [1.165, 1.54) is 44.3 Å². The van der Waals surface area contributed by atoms with Crippen molar-refractivity contribution >= 4 is 33.7 Å². The van der Waals surface area contributed by atoms with Crippen LogP contribution in [0.3, 0.4) is 0 Å². The number of aromatic amines is 1. The molecule has 3 aromatic rings. The van der Waals surface area contributed by atoms with Crippen LogP contribution < -0.4 is 10.6 Å². The summed E-state index contributed by atoms with van der Waals surface area (Å²) in [6.45, 7) is 3.04. The van der Waals surface area contributed by atoms with Gasteiger partial charge in [0.1, 0.15) is 0 Å². The van der Waals surface area contributed by atoms with Crippen LogP contribution in [0.15, 0.2) is 77.1 Å². The second-order valence-corrected chi connectivity index (χ2v) is 7.78. The van der Waals surface area contributed by atoms with E-state index in [1.807, 2.05) is 12.4 Å². The van der Waals surface area contributed by atoms with E-state index in [2.05, 4.69) is 82.2 Å². The number of nitrogens with one attached hydrogen (secondary N) is 3. The van der Waals surface area contributed by atoms with Gasteiger partial charge in [0.05, 0.1) is 12.1 Å². The molecule has 3 aliphatic rings. The van der Waals surface area contributed by atoms with Gasteiger partial charge in [0, 0.05) is 51.5 Å². The summed E-state index contributed by atoms with van der Waals surface area (Å²) in [6.07, 6.45) is 8.46. The number of hydrogen-bond donors (Lipinski definition) is 3. The van der Waals surface area contributed by atoms with Gasteiger partial charge >= 0.3 is 0 Å². The maximum absolute atomic E-state index is 4.34. The van der Waals surface area contributed by atoms with Crippen LogP contribution in [0, 0.1) is 5.92 Å². The lowest BCUT2D eigenvalue weighted by Gasteiger charge is -2.29. The highest BCUT2D eigenvalue weighted by Gasteiger charge is 2.42. The molecule has 2 aromatic carbocycles. The van der Waals surface area contributed by atoms with Gasteiger partial charge in [0.2, 0.25) is 0 Å². The Hall–Kier alpha value is -3.27. The van der Waals surface area contributed by atoms with Crippen LogP contribution in [-0.4, -0.2) is 23.3 Å². The molecule has 0 bridgehead atoms. The molecule has 27 heavy (non-hydrogen) atoms. The zero-order valence-corrected chi connectivity index (χ0v) is 15.1. The first-order valence-corrected chi connectivity index (χ1v) is 9.40. The fourth-order valence-corrected chi connectivity index (χ4v) is 4.65. The van der Waals surface area contributed by atoms with Crippen molar-refractivity contribution in [2.75, 3.05) is 6.54 Å². The van der Waals surface area contributed by atoms with Crippen molar-refractivity contribution in [3.63, 3.8) is 0 Å². The summed E-state index contributed by atoms with van der Waals surface area (Å²) in [7, 11) is 0. The Morgan fingerprint density at radius 2 is 1.96 bits per heavy atom. The van der Waals surface area contributed by atoms with Gasteiger partial charge in [-0.05, 0) is 42.3 Å². The fraction of sp³-hybridized carbons (Fsp3) is 0.174. The highest BCUT2D eigenvalue weighted by atomic mass is 15.1. The number of allylic oxidation sites excluding steroid dienone is 1. The first-order chi connectivity index (χ1) is 13.2. The van der Waals surface area contributed by atoms with Crippen molar-refractivity contribution in [1.29, 1.82) is 0 Å². The molecule has 132 valence electrons. The summed E-state index contributed by atoms with van der Waals surface area (Å²) in [5, 5.41) is 9.80. The number of hydrogen-bond acceptors (Lipinski definition) is 3. The van der Waals surface area contributed by atoms with E-state index in [-0.39, 0.29) is 5.54 Å². The molecule has 2 atom stereocenters. The predicted molar refractivity (Wildman–Crippen MR) is 111 cm³/mol. The van der Waals surface area contributed by atoms with Gasteiger partial charge in [-0.15, -0.1) is 0 Å². The molecular formula is C23H20N4. The lowest BCUT2D eigenvalue weighted by Crippen LogP contribution is -2.45. The van der Waals surface area contributed by atoms with Crippen LogP contribution in [0.1, 0.15) is 12.5 Å². The van der Waals surface area contributed by atoms with Crippen LogP contribution in [0.5, 0.6) is 0 Å². The minimum atomic E-state index is -0.117. The molecule has 4 heterocycles. The summed E-state index contributed by atoms with van der Waals surface area (Å²) in [5.41, 5.74) is 7.29. The SMILES string of the molecule is CC12C=NC=CC1C1=C(CNC(c3ccc4[nH]c5ccccc5c4c3)=C1)N2. The average Bonchev–Trinajstić information content (AvgIpc) is 3.21. The van der Waals surface area contributed by atoms with Crippen molar-refractivity contribution in [3.05, 3.63) is 77.7 Å². The monoisotopic (exact) mass is 352 g/mol. The van der Waals surface area contributed by atoms with Crippen molar-refractivity contribution in [1.82, 2.24) is 15.6 Å². The van der Waals surface area contributed by atoms with E-state index in [4.69, 9.17) is 0 Å². The Balaban J connectivity index is 1.46. The number of rotatable bonds is 1. The van der Waals surface area contributed by atoms with E-state index in [0.29, 0.717) is 5.92 Å². The predicted octanol–water partition coefficient (Wildman–Crippen LogP) is 4.10. The number of aliphatic imine (C=N–C) groups is 1. The van der Waals surface area contributed by atoms with E-state index in [1.54, 1.807) is 0 Å². The van der Waals surface area contributed by atoms with Gasteiger partial charge in [-0.3, -0.25) is 4.99 Å². The van der Waals surface area contributed by atoms with Crippen molar-refractivity contribution in [2.24, 2.45) is 10.9 Å². The third-order valence-electron chi connectivity index (χ3n) is 6.03. The van der Waals surface area contributed by atoms with Gasteiger partial charge < -0.3 is 15.6 Å². The third-order valence-corrected chi connectivity index (χ3v) is 6.03. The summed E-state index contributed by atoms with van der Waals surface area (Å²) < 4.78 is 0. The first kappa shape index (κ1) is 14.9. The molecule has 0 aliphatic carbocycles. The number of aromatic nitrogens is 1. The largest absolute Gasteiger partial charge is 0.379 e. The van der Waals surface area contributed by atoms with Crippen molar-refractivity contribution in [3.8, 4) is 0 Å². The quantitative estimate of drug-likeness (QED) is 0.618. The lowest BCUT2D eigenvalue weighted by atomic mass is 9.82. The molecule has 0 fully saturated rings. The Bertz CT molecular complexity index is 1220. The number of dihydropyridines is 1. The van der Waals surface area contributed by atoms with E-state index in [9.17, 15) is 0 Å². The normalized spacial score (nSPS) is 26.0. The minimum absolute atomic E-state index is 0.117. The van der Waals surface area contributed by atoms with E-state index >= 15 is 0 Å². The van der Waals surface area contributed by atoms with Crippen LogP contribution in [0.25, 0.3) is 27.5 Å². The Labute approximate surface area is 157 Å². The van der Waals surface area contributed by atoms with Crippen molar-refractivity contribution < 1.29 is 0 Å². The second kappa shape index (κ2) is 5.13. The maximum Gasteiger partial charge on any atom is 0.0801 e. The zero-order chi connectivity index (χ0) is 18.0. The van der Waals surface area contributed by atoms with Gasteiger partial charge in [0.25, 0.3) is 0 Å². The molecule has 4 heteroatoms. The molecule has 0 amide bonds. The molecule has 3 aliphatic heterocycles. The van der Waals surface area contributed by atoms with Gasteiger partial charge in [0.15, 0.2) is 0 Å². The lowest BCUT2D eigenvalue weighted by molar-refractivity contribution is 0.486. The fourth-order valence-electron chi connectivity index (χ4n) is 4.65. The van der Waals surface area contributed by atoms with E-state index < -0.39 is 0 Å². The zero-order valence-electron chi connectivity index (χ0n) is 15.1. The maximum atomic E-state index is 4.34. The Morgan fingerprint density at radius 3 is 2.93 bits per heavy atom. The van der Waals surface area contributed by atoms with E-state index in [0.717, 1.165) is 6.54 Å². The van der Waals surface area contributed by atoms with Crippen LogP contribution in [0.4, 0.5) is 0 Å². The number of fused-ring (bicyclic) bond motifs is 5. The van der Waals surface area contributed by atoms with Crippen LogP contribution in [0.2, 0.25) is 0 Å². The van der Waals surface area contributed by atoms with Gasteiger partial charge in [-0.25, -0.2) is 0 Å². The van der Waals surface area contributed by atoms with Gasteiger partial charge in [-0.2, -0.15) is 0 Å². The molecule has 0 saturated carbocycles. The van der Waals surface area contributed by atoms with Crippen LogP contribution >= 0.6 is 0 Å². The minimum Gasteiger partial charge on any atom is -0.379 e. The summed E-state index contributed by atoms with van der Waals surface area (Å²) >= 11 is 0. The standard InChI is InChI=1S/C23H20N4/c1-23-13-24-9-8-18(23)17-11-21(25-12-22(17)27-23)14-6-7-20-16(10-14)15-4-2-3-5-19(15)26-20/h2-11,13,18,25-27H,12H2,1H3. The molecule has 0 saturated heterocycles. The molecule has 0 spiro atoms. The highest BCUT2D eigenvalue weighted by molar-refractivity contribution is 6.08. The third kappa shape index (κ3) is 2.07. The molecular weight excluding hydrogens is 332 g/mol.